The quantitative estimate of drug-likeness (QED) is 0.157. The van der Waals surface area contributed by atoms with E-state index in [9.17, 15) is 0 Å². The molecule has 7 aromatic carbocycles. The summed E-state index contributed by atoms with van der Waals surface area (Å²) in [4.78, 5) is 2.66. The van der Waals surface area contributed by atoms with Crippen LogP contribution in [0.1, 0.15) is 69.5 Å². The van der Waals surface area contributed by atoms with Crippen molar-refractivity contribution in [1.29, 1.82) is 0 Å². The van der Waals surface area contributed by atoms with Gasteiger partial charge in [0.25, 0.3) is 0 Å². The molecular formula is C53H46N2S4. The Bertz CT molecular complexity index is 3300. The van der Waals surface area contributed by atoms with Gasteiger partial charge in [-0.25, -0.2) is 0 Å². The topological polar surface area (TPSA) is 8.17 Å². The molecule has 0 spiro atoms. The van der Waals surface area contributed by atoms with Gasteiger partial charge >= 0.3 is 0 Å². The first-order valence-electron chi connectivity index (χ1n) is 20.5. The molecule has 292 valence electrons. The highest BCUT2D eigenvalue weighted by Gasteiger charge is 2.39. The second-order valence-corrected chi connectivity index (χ2v) is 21.2. The second kappa shape index (κ2) is 13.0. The molecule has 6 heteroatoms. The van der Waals surface area contributed by atoms with E-state index < -0.39 is 0 Å². The summed E-state index contributed by atoms with van der Waals surface area (Å²) in [6, 6.07) is 36.4. The largest absolute Gasteiger partial charge is 0.307 e. The maximum Gasteiger partial charge on any atom is 0.0838 e. The normalized spacial score (nSPS) is 13.7. The highest BCUT2D eigenvalue weighted by Crippen LogP contribution is 2.59. The molecule has 1 aliphatic heterocycles. The Kier molecular flexibility index (Phi) is 8.17. The van der Waals surface area contributed by atoms with Crippen LogP contribution in [0.5, 0.6) is 0 Å². The number of para-hydroxylation sites is 4. The van der Waals surface area contributed by atoms with Crippen molar-refractivity contribution in [2.75, 3.05) is 4.90 Å². The second-order valence-electron chi connectivity index (χ2n) is 17.1. The Morgan fingerprint density at radius 3 is 1.07 bits per heavy atom. The molecule has 10 aromatic rings. The van der Waals surface area contributed by atoms with Gasteiger partial charge in [0, 0.05) is 35.0 Å². The third-order valence-corrected chi connectivity index (χ3v) is 19.7. The highest BCUT2D eigenvalue weighted by atomic mass is 32.1. The first-order valence-corrected chi connectivity index (χ1v) is 23.8. The average molecular weight is 839 g/mol. The van der Waals surface area contributed by atoms with Gasteiger partial charge in [-0.2, -0.15) is 0 Å². The van der Waals surface area contributed by atoms with Crippen molar-refractivity contribution in [1.82, 2.24) is 4.57 Å². The highest BCUT2D eigenvalue weighted by molar-refractivity contribution is 7.40. The first-order chi connectivity index (χ1) is 28.4. The fraction of sp³-hybridized carbons (Fsp3) is 0.208. The molecule has 0 saturated heterocycles. The van der Waals surface area contributed by atoms with Crippen molar-refractivity contribution in [2.45, 2.75) is 74.7 Å². The van der Waals surface area contributed by atoms with Gasteiger partial charge in [0.05, 0.1) is 52.6 Å². The van der Waals surface area contributed by atoms with Crippen LogP contribution in [0.3, 0.4) is 0 Å². The zero-order valence-corrected chi connectivity index (χ0v) is 38.5. The molecule has 4 heterocycles. The van der Waals surface area contributed by atoms with Crippen molar-refractivity contribution >= 4 is 122 Å². The lowest BCUT2D eigenvalue weighted by Gasteiger charge is -2.42. The third kappa shape index (κ3) is 4.95. The van der Waals surface area contributed by atoms with Crippen LogP contribution in [0.25, 0.3) is 65.1 Å². The van der Waals surface area contributed by atoms with E-state index in [1.807, 2.05) is 45.3 Å². The van der Waals surface area contributed by atoms with Crippen LogP contribution in [0.4, 0.5) is 17.1 Å². The molecule has 0 bridgehead atoms. The number of aryl methyl sites for hydroxylation is 4. The van der Waals surface area contributed by atoms with E-state index >= 15 is 0 Å². The molecule has 0 saturated carbocycles. The third-order valence-electron chi connectivity index (χ3n) is 13.9. The lowest BCUT2D eigenvalue weighted by atomic mass is 9.73. The summed E-state index contributed by atoms with van der Waals surface area (Å²) in [7, 11) is 0. The van der Waals surface area contributed by atoms with Gasteiger partial charge in [-0.1, -0.05) is 86.6 Å². The van der Waals surface area contributed by atoms with Gasteiger partial charge in [-0.3, -0.25) is 0 Å². The Balaban J connectivity index is 1.47. The van der Waals surface area contributed by atoms with Crippen LogP contribution >= 0.6 is 45.3 Å². The lowest BCUT2D eigenvalue weighted by Crippen LogP contribution is -2.30. The molecule has 0 atom stereocenters. The van der Waals surface area contributed by atoms with Crippen molar-refractivity contribution in [3.05, 3.63) is 153 Å². The molecule has 0 N–H and O–H groups in total. The average Bonchev–Trinajstić information content (AvgIpc) is 3.59. The van der Waals surface area contributed by atoms with Gasteiger partial charge in [0.1, 0.15) is 0 Å². The van der Waals surface area contributed by atoms with Gasteiger partial charge in [0.2, 0.25) is 0 Å². The van der Waals surface area contributed by atoms with E-state index in [1.165, 1.54) is 138 Å². The summed E-state index contributed by atoms with van der Waals surface area (Å²) in [6.07, 6.45) is 0. The minimum atomic E-state index is -0.166. The van der Waals surface area contributed by atoms with E-state index in [1.54, 1.807) is 0 Å². The van der Waals surface area contributed by atoms with Gasteiger partial charge in [0.15, 0.2) is 0 Å². The Morgan fingerprint density at radius 1 is 0.356 bits per heavy atom. The first kappa shape index (κ1) is 37.1. The predicted octanol–water partition coefficient (Wildman–Crippen LogP) is 17.3. The molecule has 2 nitrogen and oxygen atoms in total. The lowest BCUT2D eigenvalue weighted by molar-refractivity contribution is 0.632. The molecule has 0 fully saturated rings. The van der Waals surface area contributed by atoms with Crippen LogP contribution in [-0.4, -0.2) is 4.57 Å². The van der Waals surface area contributed by atoms with E-state index in [-0.39, 0.29) is 5.41 Å². The number of aromatic nitrogens is 1. The van der Waals surface area contributed by atoms with E-state index in [2.05, 4.69) is 176 Å². The summed E-state index contributed by atoms with van der Waals surface area (Å²) in [6.45, 7) is 23.4. The van der Waals surface area contributed by atoms with E-state index in [4.69, 9.17) is 0 Å². The fourth-order valence-electron chi connectivity index (χ4n) is 9.88. The Hall–Kier alpha value is -4.98. The van der Waals surface area contributed by atoms with Crippen LogP contribution in [-0.2, 0) is 5.41 Å². The zero-order chi connectivity index (χ0) is 40.8. The smallest absolute Gasteiger partial charge is 0.0838 e. The number of fused-ring (bicyclic) bond motifs is 9. The van der Waals surface area contributed by atoms with Crippen molar-refractivity contribution in [3.63, 3.8) is 0 Å². The molecule has 0 radical (unpaired) electrons. The molecule has 1 aliphatic rings. The number of rotatable bonds is 2. The van der Waals surface area contributed by atoms with Gasteiger partial charge in [-0.15, -0.1) is 45.3 Å². The number of hydrogen-bond acceptors (Lipinski definition) is 5. The van der Waals surface area contributed by atoms with Crippen LogP contribution < -0.4 is 4.90 Å². The van der Waals surface area contributed by atoms with E-state index in [0.717, 1.165) is 0 Å². The minimum absolute atomic E-state index is 0.166. The fourth-order valence-corrected chi connectivity index (χ4v) is 16.0. The van der Waals surface area contributed by atoms with E-state index in [0.29, 0.717) is 0 Å². The summed E-state index contributed by atoms with van der Waals surface area (Å²) in [5, 5.41) is 2.58. The standard InChI is InChI=1S/C53H46N2S4/c1-27-29(3)33(7)47-45(31(27)5)56-49-43(54-39-23-15-11-19-35(39)36-20-12-16-24-40(36)54)50-52(59-48-34(8)30(4)28(2)32(6)46(48)57-50)44(51(49)58-47)55-41-25-17-13-21-37(41)53(9,10)38-22-14-18-26-42(38)55/h11-26H,1-10H3. The molecular weight excluding hydrogens is 793 g/mol. The molecule has 3 aromatic heterocycles. The number of hydrogen-bond donors (Lipinski definition) is 0. The number of anilines is 3. The molecule has 0 aliphatic carbocycles. The molecule has 11 rings (SSSR count). The maximum absolute atomic E-state index is 2.66. The van der Waals surface area contributed by atoms with Crippen molar-refractivity contribution in [2.24, 2.45) is 0 Å². The predicted molar refractivity (Wildman–Crippen MR) is 265 cm³/mol. The minimum Gasteiger partial charge on any atom is -0.307 e. The summed E-state index contributed by atoms with van der Waals surface area (Å²) in [5.74, 6) is 0. The van der Waals surface area contributed by atoms with Crippen LogP contribution in [0, 0.1) is 55.4 Å². The molecule has 59 heavy (non-hydrogen) atoms. The maximum atomic E-state index is 2.66. The summed E-state index contributed by atoms with van der Waals surface area (Å²) < 4.78 is 13.5. The van der Waals surface area contributed by atoms with Gasteiger partial charge < -0.3 is 9.47 Å². The molecule has 0 amide bonds. The monoisotopic (exact) mass is 838 g/mol. The molecule has 0 unspecified atom stereocenters. The van der Waals surface area contributed by atoms with Gasteiger partial charge in [-0.05, 0) is 135 Å². The van der Waals surface area contributed by atoms with Crippen LogP contribution in [0.2, 0.25) is 0 Å². The Morgan fingerprint density at radius 2 is 0.678 bits per heavy atom. The zero-order valence-electron chi connectivity index (χ0n) is 35.3. The summed E-state index contributed by atoms with van der Waals surface area (Å²) in [5.41, 5.74) is 21.3. The van der Waals surface area contributed by atoms with Crippen molar-refractivity contribution in [3.8, 4) is 5.69 Å². The van der Waals surface area contributed by atoms with Crippen LogP contribution in [0.15, 0.2) is 97.1 Å². The number of nitrogens with zero attached hydrogens (tertiary/aromatic N) is 2. The SMILES string of the molecule is Cc1c(C)c(C)c2sc3c(-n4c5ccccc5c5ccccc54)c4sc5c(C)c(C)c(C)c(C)c5sc4c(N4c5ccccc5C(C)(C)c5ccccc54)c3sc2c1C. The summed E-state index contributed by atoms with van der Waals surface area (Å²) >= 11 is 8.02. The van der Waals surface area contributed by atoms with Crippen molar-refractivity contribution < 1.29 is 0 Å². The number of benzene rings is 7. The Labute approximate surface area is 361 Å².